The second kappa shape index (κ2) is 12.8. The second-order valence-corrected chi connectivity index (χ2v) is 11.7. The van der Waals surface area contributed by atoms with Crippen LogP contribution in [-0.4, -0.2) is 26.4 Å². The molecule has 0 radical (unpaired) electrons. The molecule has 12 heteroatoms. The van der Waals surface area contributed by atoms with Crippen molar-refractivity contribution in [3.05, 3.63) is 70.8 Å². The lowest BCUT2D eigenvalue weighted by molar-refractivity contribution is 0.215. The van der Waals surface area contributed by atoms with E-state index in [1.54, 1.807) is 48.5 Å². The van der Waals surface area contributed by atoms with Crippen LogP contribution in [0, 0.1) is 112 Å². The summed E-state index contributed by atoms with van der Waals surface area (Å²) in [5.41, 5.74) is -5.81. The molecule has 48 heavy (non-hydrogen) atoms. The van der Waals surface area contributed by atoms with Gasteiger partial charge in [-0.1, -0.05) is 24.3 Å². The summed E-state index contributed by atoms with van der Waals surface area (Å²) in [6.45, 7) is -0.492. The Balaban J connectivity index is 1.62. The normalized spacial score (nSPS) is 20.0. The third-order valence-electron chi connectivity index (χ3n) is 9.20. The predicted octanol–water partition coefficient (Wildman–Crippen LogP) is 5.23. The first-order valence-corrected chi connectivity index (χ1v) is 14.7. The Morgan fingerprint density at radius 3 is 0.708 bits per heavy atom. The van der Waals surface area contributed by atoms with E-state index in [9.17, 15) is 42.1 Å². The summed E-state index contributed by atoms with van der Waals surface area (Å²) < 4.78 is 24.7. The Morgan fingerprint density at radius 2 is 0.542 bits per heavy atom. The molecular formula is C36H24N8O4. The van der Waals surface area contributed by atoms with E-state index in [0.717, 1.165) is 0 Å². The van der Waals surface area contributed by atoms with Crippen molar-refractivity contribution in [1.29, 1.82) is 42.1 Å². The van der Waals surface area contributed by atoms with Crippen LogP contribution in [0.15, 0.2) is 70.8 Å². The predicted molar refractivity (Wildman–Crippen MR) is 162 cm³/mol. The standard InChI is InChI=1S/C36H24N8O4/c37-17-33(18-38)9-25-13-45-29-5-1-2-6-30(29)46-14-26-10-34(19-39,20-40)36(23-43,24-44)12-28(26)16-48-32-8-4-3-7-31(32)47-15-27(25)11-35(33,21-41)22-42/h1-8H,9-16H2. The van der Waals surface area contributed by atoms with Crippen LogP contribution in [0.2, 0.25) is 0 Å². The molecule has 2 aromatic carbocycles. The van der Waals surface area contributed by atoms with Crippen LogP contribution in [0.3, 0.4) is 0 Å². The van der Waals surface area contributed by atoms with Crippen molar-refractivity contribution in [1.82, 2.24) is 0 Å². The van der Waals surface area contributed by atoms with Crippen molar-refractivity contribution in [2.45, 2.75) is 25.7 Å². The van der Waals surface area contributed by atoms with Crippen LogP contribution < -0.4 is 18.9 Å². The number of fused-ring (bicyclic) bond motifs is 2. The molecule has 2 aromatic rings. The molecular weight excluding hydrogens is 608 g/mol. The SMILES string of the molecule is N#CC1(C#N)CC2=C(COc3ccccc3OCC3=C(COc4ccccc4OC2)CC(C#N)(C#N)C(C#N)(C#N)C3)CC1(C#N)C#N. The number of ether oxygens (including phenoxy) is 4. The van der Waals surface area contributed by atoms with Gasteiger partial charge in [-0.15, -0.1) is 0 Å². The zero-order valence-electron chi connectivity index (χ0n) is 25.5. The zero-order chi connectivity index (χ0) is 34.4. The lowest BCUT2D eigenvalue weighted by atomic mass is 9.57. The van der Waals surface area contributed by atoms with Gasteiger partial charge in [0.2, 0.25) is 0 Å². The molecule has 0 N–H and O–H groups in total. The molecule has 2 aliphatic carbocycles. The highest BCUT2D eigenvalue weighted by atomic mass is 16.5. The third kappa shape index (κ3) is 5.12. The van der Waals surface area contributed by atoms with Crippen molar-refractivity contribution in [3.63, 3.8) is 0 Å². The highest BCUT2D eigenvalue weighted by Crippen LogP contribution is 2.53. The number of nitrogens with zero attached hydrogens (tertiary/aromatic N) is 8. The van der Waals surface area contributed by atoms with Crippen LogP contribution in [-0.2, 0) is 0 Å². The third-order valence-corrected chi connectivity index (χ3v) is 9.20. The maximum Gasteiger partial charge on any atom is 0.179 e. The number of hydrogen-bond donors (Lipinski definition) is 0. The monoisotopic (exact) mass is 632 g/mol. The topological polar surface area (TPSA) is 227 Å². The maximum atomic E-state index is 10.1. The molecule has 0 fully saturated rings. The van der Waals surface area contributed by atoms with Crippen molar-refractivity contribution in [2.75, 3.05) is 26.4 Å². The quantitative estimate of drug-likeness (QED) is 0.340. The number of benzene rings is 2. The smallest absolute Gasteiger partial charge is 0.179 e. The minimum absolute atomic E-state index is 0.123. The molecule has 12 nitrogen and oxygen atoms in total. The lowest BCUT2D eigenvalue weighted by Crippen LogP contribution is -2.43. The van der Waals surface area contributed by atoms with E-state index in [0.29, 0.717) is 45.3 Å². The van der Waals surface area contributed by atoms with Gasteiger partial charge in [0.25, 0.3) is 0 Å². The summed E-state index contributed by atoms with van der Waals surface area (Å²) >= 11 is 0. The largest absolute Gasteiger partial charge is 0.485 e. The molecule has 0 spiro atoms. The molecule has 1 heterocycles. The summed E-state index contributed by atoms with van der Waals surface area (Å²) in [5, 5.41) is 80.8. The zero-order valence-corrected chi connectivity index (χ0v) is 25.5. The molecule has 0 atom stereocenters. The van der Waals surface area contributed by atoms with E-state index in [-0.39, 0.29) is 52.1 Å². The fraction of sp³-hybridized carbons (Fsp3) is 0.333. The molecule has 0 aromatic heterocycles. The van der Waals surface area contributed by atoms with Crippen LogP contribution in [0.4, 0.5) is 0 Å². The molecule has 0 unspecified atom stereocenters. The fourth-order valence-corrected chi connectivity index (χ4v) is 6.21. The molecule has 3 aliphatic rings. The Bertz CT molecular complexity index is 1730. The average molecular weight is 633 g/mol. The van der Waals surface area contributed by atoms with E-state index in [2.05, 4.69) is 0 Å². The van der Waals surface area contributed by atoms with Gasteiger partial charge in [0, 0.05) is 25.7 Å². The highest BCUT2D eigenvalue weighted by molar-refractivity contribution is 5.48. The Kier molecular flexibility index (Phi) is 8.65. The first-order valence-electron chi connectivity index (χ1n) is 14.7. The molecule has 0 bridgehead atoms. The number of hydrogen-bond acceptors (Lipinski definition) is 12. The number of para-hydroxylation sites is 4. The molecule has 5 rings (SSSR count). The van der Waals surface area contributed by atoms with E-state index < -0.39 is 21.7 Å². The summed E-state index contributed by atoms with van der Waals surface area (Å²) in [4.78, 5) is 0. The van der Waals surface area contributed by atoms with Gasteiger partial charge < -0.3 is 18.9 Å². The van der Waals surface area contributed by atoms with Crippen molar-refractivity contribution < 1.29 is 18.9 Å². The first kappa shape index (κ1) is 32.4. The maximum absolute atomic E-state index is 10.1. The van der Waals surface area contributed by atoms with Gasteiger partial charge in [0.1, 0.15) is 26.4 Å². The van der Waals surface area contributed by atoms with Gasteiger partial charge in [-0.05, 0) is 46.6 Å². The molecule has 0 saturated heterocycles. The minimum atomic E-state index is -1.96. The second-order valence-electron chi connectivity index (χ2n) is 11.7. The van der Waals surface area contributed by atoms with E-state index in [4.69, 9.17) is 18.9 Å². The minimum Gasteiger partial charge on any atom is -0.485 e. The Labute approximate surface area is 276 Å². The van der Waals surface area contributed by atoms with Crippen LogP contribution >= 0.6 is 0 Å². The molecule has 0 amide bonds. The van der Waals surface area contributed by atoms with E-state index >= 15 is 0 Å². The van der Waals surface area contributed by atoms with Gasteiger partial charge in [-0.2, -0.15) is 42.1 Å². The van der Waals surface area contributed by atoms with Gasteiger partial charge in [0.15, 0.2) is 44.7 Å². The van der Waals surface area contributed by atoms with E-state index in [1.807, 2.05) is 48.6 Å². The van der Waals surface area contributed by atoms with Gasteiger partial charge in [0.05, 0.1) is 48.6 Å². The van der Waals surface area contributed by atoms with Gasteiger partial charge in [-0.3, -0.25) is 0 Å². The Morgan fingerprint density at radius 1 is 0.354 bits per heavy atom. The van der Waals surface area contributed by atoms with Crippen molar-refractivity contribution >= 4 is 0 Å². The summed E-state index contributed by atoms with van der Waals surface area (Å²) in [7, 11) is 0. The summed E-state index contributed by atoms with van der Waals surface area (Å²) in [6.07, 6.45) is -0.940. The highest BCUT2D eigenvalue weighted by Gasteiger charge is 2.59. The number of nitriles is 8. The van der Waals surface area contributed by atoms with Crippen molar-refractivity contribution in [2.24, 2.45) is 21.7 Å². The van der Waals surface area contributed by atoms with Crippen LogP contribution in [0.25, 0.3) is 0 Å². The summed E-state index contributed by atoms with van der Waals surface area (Å²) in [6, 6.07) is 28.9. The molecule has 232 valence electrons. The Hall–Kier alpha value is -6.96. The lowest BCUT2D eigenvalue weighted by Gasteiger charge is -2.38. The van der Waals surface area contributed by atoms with Gasteiger partial charge >= 0.3 is 0 Å². The van der Waals surface area contributed by atoms with Crippen LogP contribution in [0.1, 0.15) is 25.7 Å². The average Bonchev–Trinajstić information content (AvgIpc) is 3.14. The first-order chi connectivity index (χ1) is 23.3. The van der Waals surface area contributed by atoms with Gasteiger partial charge in [-0.25, -0.2) is 0 Å². The van der Waals surface area contributed by atoms with E-state index in [1.165, 1.54) is 0 Å². The van der Waals surface area contributed by atoms with Crippen molar-refractivity contribution in [3.8, 4) is 71.6 Å². The van der Waals surface area contributed by atoms with Crippen LogP contribution in [0.5, 0.6) is 23.0 Å². The fourth-order valence-electron chi connectivity index (χ4n) is 6.21. The molecule has 1 aliphatic heterocycles. The number of rotatable bonds is 0. The summed E-state index contributed by atoms with van der Waals surface area (Å²) in [5.74, 6) is 1.18. The molecule has 0 saturated carbocycles.